The number of carbonyl (C=O) groups excluding carboxylic acids is 2. The highest BCUT2D eigenvalue weighted by atomic mass is 19.1. The van der Waals surface area contributed by atoms with E-state index in [1.165, 1.54) is 6.07 Å². The van der Waals surface area contributed by atoms with Crippen molar-refractivity contribution in [2.45, 2.75) is 13.3 Å². The van der Waals surface area contributed by atoms with Crippen molar-refractivity contribution in [1.29, 1.82) is 0 Å². The third kappa shape index (κ3) is 5.70. The number of piperazine rings is 1. The van der Waals surface area contributed by atoms with Crippen molar-refractivity contribution in [1.82, 2.24) is 15.1 Å². The molecule has 25 heavy (non-hydrogen) atoms. The van der Waals surface area contributed by atoms with Crippen molar-refractivity contribution in [3.63, 3.8) is 0 Å². The van der Waals surface area contributed by atoms with Gasteiger partial charge in [0.25, 0.3) is 0 Å². The largest absolute Gasteiger partial charge is 0.366 e. The fraction of sp³-hybridized carbons (Fsp3) is 0.556. The van der Waals surface area contributed by atoms with Crippen molar-refractivity contribution < 1.29 is 14.0 Å². The Bertz CT molecular complexity index is 588. The standard InChI is InChI=1S/C18H27FN4O2/c1-3-8-20-17(24)13-21(2)14-18(25)23-11-9-22(10-12-23)16-7-5-4-6-15(16)19/h4-7H,3,8-14H2,1-2H3,(H,20,24). The number of nitrogens with zero attached hydrogens (tertiary/aromatic N) is 3. The number of hydrogen-bond donors (Lipinski definition) is 1. The molecule has 1 N–H and O–H groups in total. The van der Waals surface area contributed by atoms with Gasteiger partial charge in [-0.1, -0.05) is 19.1 Å². The van der Waals surface area contributed by atoms with Crippen LogP contribution in [0.25, 0.3) is 0 Å². The molecular formula is C18H27FN4O2. The summed E-state index contributed by atoms with van der Waals surface area (Å²) in [6.45, 7) is 5.39. The van der Waals surface area contributed by atoms with Crippen LogP contribution in [0.5, 0.6) is 0 Å². The van der Waals surface area contributed by atoms with E-state index < -0.39 is 0 Å². The molecule has 1 saturated heterocycles. The predicted molar refractivity (Wildman–Crippen MR) is 96.0 cm³/mol. The SMILES string of the molecule is CCCNC(=O)CN(C)CC(=O)N1CCN(c2ccccc2F)CC1. The second-order valence-corrected chi connectivity index (χ2v) is 6.34. The second kappa shape index (κ2) is 9.36. The van der Waals surface area contributed by atoms with E-state index in [2.05, 4.69) is 5.32 Å². The van der Waals surface area contributed by atoms with E-state index in [-0.39, 0.29) is 30.7 Å². The molecule has 1 aromatic rings. The normalized spacial score (nSPS) is 14.7. The Morgan fingerprint density at radius 1 is 1.16 bits per heavy atom. The highest BCUT2D eigenvalue weighted by Gasteiger charge is 2.23. The first kappa shape index (κ1) is 19.2. The van der Waals surface area contributed by atoms with Gasteiger partial charge in [-0.25, -0.2) is 4.39 Å². The number of amides is 2. The monoisotopic (exact) mass is 350 g/mol. The van der Waals surface area contributed by atoms with Crippen molar-refractivity contribution in [2.24, 2.45) is 0 Å². The first-order valence-electron chi connectivity index (χ1n) is 8.73. The van der Waals surface area contributed by atoms with Gasteiger partial charge in [0.15, 0.2) is 0 Å². The van der Waals surface area contributed by atoms with Crippen LogP contribution in [0.4, 0.5) is 10.1 Å². The van der Waals surface area contributed by atoms with Crippen LogP contribution >= 0.6 is 0 Å². The molecule has 0 aliphatic carbocycles. The van der Waals surface area contributed by atoms with Crippen molar-refractivity contribution in [3.8, 4) is 0 Å². The lowest BCUT2D eigenvalue weighted by Gasteiger charge is -2.36. The molecule has 0 spiro atoms. The van der Waals surface area contributed by atoms with Gasteiger partial charge in [0, 0.05) is 32.7 Å². The van der Waals surface area contributed by atoms with E-state index >= 15 is 0 Å². The first-order valence-corrected chi connectivity index (χ1v) is 8.73. The molecule has 0 atom stereocenters. The molecule has 1 aromatic carbocycles. The maximum absolute atomic E-state index is 13.8. The minimum absolute atomic E-state index is 0.000949. The number of anilines is 1. The van der Waals surface area contributed by atoms with Gasteiger partial charge in [-0.15, -0.1) is 0 Å². The summed E-state index contributed by atoms with van der Waals surface area (Å²) in [4.78, 5) is 29.5. The number of nitrogens with one attached hydrogen (secondary N) is 1. The lowest BCUT2D eigenvalue weighted by atomic mass is 10.2. The van der Waals surface area contributed by atoms with Crippen LogP contribution < -0.4 is 10.2 Å². The van der Waals surface area contributed by atoms with Crippen LogP contribution in [0.2, 0.25) is 0 Å². The summed E-state index contributed by atoms with van der Waals surface area (Å²) < 4.78 is 13.8. The van der Waals surface area contributed by atoms with Crippen LogP contribution in [0.3, 0.4) is 0 Å². The van der Waals surface area contributed by atoms with E-state index in [0.29, 0.717) is 38.4 Å². The van der Waals surface area contributed by atoms with Gasteiger partial charge in [-0.3, -0.25) is 14.5 Å². The van der Waals surface area contributed by atoms with Gasteiger partial charge in [0.05, 0.1) is 18.8 Å². The summed E-state index contributed by atoms with van der Waals surface area (Å²) in [6, 6.07) is 6.69. The Kier molecular flexibility index (Phi) is 7.18. The fourth-order valence-electron chi connectivity index (χ4n) is 2.86. The molecular weight excluding hydrogens is 323 g/mol. The number of rotatable bonds is 7. The number of para-hydroxylation sites is 1. The zero-order valence-corrected chi connectivity index (χ0v) is 15.0. The molecule has 2 rings (SSSR count). The lowest BCUT2D eigenvalue weighted by molar-refractivity contribution is -0.133. The van der Waals surface area contributed by atoms with Gasteiger partial charge >= 0.3 is 0 Å². The van der Waals surface area contributed by atoms with Crippen LogP contribution in [0.15, 0.2) is 24.3 Å². The van der Waals surface area contributed by atoms with Crippen LogP contribution in [0.1, 0.15) is 13.3 Å². The molecule has 1 aliphatic rings. The highest BCUT2D eigenvalue weighted by molar-refractivity contribution is 5.81. The molecule has 7 heteroatoms. The number of benzene rings is 1. The number of halogens is 1. The minimum atomic E-state index is -0.236. The average Bonchev–Trinajstić information content (AvgIpc) is 2.60. The molecule has 1 fully saturated rings. The van der Waals surface area contributed by atoms with Crippen LogP contribution in [0, 0.1) is 5.82 Å². The van der Waals surface area contributed by atoms with E-state index in [1.807, 2.05) is 17.9 Å². The molecule has 0 radical (unpaired) electrons. The van der Waals surface area contributed by atoms with Crippen molar-refractivity contribution in [2.75, 3.05) is 57.8 Å². The van der Waals surface area contributed by atoms with Crippen LogP contribution in [-0.2, 0) is 9.59 Å². The smallest absolute Gasteiger partial charge is 0.236 e. The van der Waals surface area contributed by atoms with Gasteiger partial charge < -0.3 is 15.1 Å². The van der Waals surface area contributed by atoms with Gasteiger partial charge in [0.2, 0.25) is 11.8 Å². The molecule has 2 amide bonds. The summed E-state index contributed by atoms with van der Waals surface area (Å²) in [5, 5.41) is 2.80. The quantitative estimate of drug-likeness (QED) is 0.795. The van der Waals surface area contributed by atoms with Gasteiger partial charge in [-0.2, -0.15) is 0 Å². The maximum atomic E-state index is 13.8. The maximum Gasteiger partial charge on any atom is 0.236 e. The Hall–Kier alpha value is -2.15. The van der Waals surface area contributed by atoms with E-state index in [0.717, 1.165) is 6.42 Å². The van der Waals surface area contributed by atoms with E-state index in [4.69, 9.17) is 0 Å². The van der Waals surface area contributed by atoms with Gasteiger partial charge in [-0.05, 0) is 25.6 Å². The molecule has 0 aromatic heterocycles. The van der Waals surface area contributed by atoms with Crippen molar-refractivity contribution >= 4 is 17.5 Å². The Balaban J connectivity index is 1.77. The molecule has 0 bridgehead atoms. The Morgan fingerprint density at radius 2 is 1.84 bits per heavy atom. The molecule has 1 aliphatic heterocycles. The molecule has 0 saturated carbocycles. The molecule has 0 unspecified atom stereocenters. The highest BCUT2D eigenvalue weighted by Crippen LogP contribution is 2.20. The Morgan fingerprint density at radius 3 is 2.48 bits per heavy atom. The summed E-state index contributed by atoms with van der Waals surface area (Å²) in [5.74, 6) is -0.305. The first-order chi connectivity index (χ1) is 12.0. The van der Waals surface area contributed by atoms with E-state index in [9.17, 15) is 14.0 Å². The van der Waals surface area contributed by atoms with Crippen molar-refractivity contribution in [3.05, 3.63) is 30.1 Å². The summed E-state index contributed by atoms with van der Waals surface area (Å²) in [7, 11) is 1.76. The average molecular weight is 350 g/mol. The zero-order valence-electron chi connectivity index (χ0n) is 15.0. The number of carbonyl (C=O) groups is 2. The molecule has 6 nitrogen and oxygen atoms in total. The van der Waals surface area contributed by atoms with Crippen LogP contribution in [-0.4, -0.2) is 74.5 Å². The minimum Gasteiger partial charge on any atom is -0.366 e. The predicted octanol–water partition coefficient (Wildman–Crippen LogP) is 0.932. The molecule has 1 heterocycles. The molecule has 138 valence electrons. The van der Waals surface area contributed by atoms with E-state index in [1.54, 1.807) is 29.0 Å². The second-order valence-electron chi connectivity index (χ2n) is 6.34. The number of likely N-dealkylation sites (N-methyl/N-ethyl adjacent to an activating group) is 1. The zero-order chi connectivity index (χ0) is 18.2. The Labute approximate surface area is 148 Å². The fourth-order valence-corrected chi connectivity index (χ4v) is 2.86. The summed E-state index contributed by atoms with van der Waals surface area (Å²) in [5.41, 5.74) is 0.583. The lowest BCUT2D eigenvalue weighted by Crippen LogP contribution is -2.51. The number of hydrogen-bond acceptors (Lipinski definition) is 4. The third-order valence-corrected chi connectivity index (χ3v) is 4.22. The third-order valence-electron chi connectivity index (χ3n) is 4.22. The topological polar surface area (TPSA) is 55.9 Å². The van der Waals surface area contributed by atoms with Gasteiger partial charge in [0.1, 0.15) is 5.82 Å². The summed E-state index contributed by atoms with van der Waals surface area (Å²) in [6.07, 6.45) is 0.890. The summed E-state index contributed by atoms with van der Waals surface area (Å²) >= 11 is 0.